The average molecular weight is 845 g/mol. The van der Waals surface area contributed by atoms with E-state index in [-0.39, 0.29) is 0 Å². The highest BCUT2D eigenvalue weighted by Crippen LogP contribution is 1.63. The van der Waals surface area contributed by atoms with Gasteiger partial charge in [-0.15, -0.1) is 0 Å². The van der Waals surface area contributed by atoms with Crippen LogP contribution >= 0.6 is 0 Å². The van der Waals surface area contributed by atoms with Gasteiger partial charge in [-0.3, -0.25) is 0 Å². The van der Waals surface area contributed by atoms with Gasteiger partial charge in [-0.05, 0) is 105 Å². The molecule has 284 valence electrons. The van der Waals surface area contributed by atoms with Crippen LogP contribution in [0.4, 0.5) is 0 Å². The van der Waals surface area contributed by atoms with Crippen LogP contribution in [0.2, 0.25) is 0 Å². The van der Waals surface area contributed by atoms with E-state index in [2.05, 4.69) is 403 Å². The Morgan fingerprint density at radius 3 is 0.157 bits per heavy atom. The predicted molar refractivity (Wildman–Crippen MR) is 250 cm³/mol. The van der Waals surface area contributed by atoms with Crippen molar-refractivity contribution in [1.29, 1.82) is 0 Å². The summed E-state index contributed by atoms with van der Waals surface area (Å²) in [4.78, 5) is 0. The summed E-state index contributed by atoms with van der Waals surface area (Å²) in [6.45, 7) is 6.63. The zero-order chi connectivity index (χ0) is 50.1. The third-order valence-corrected chi connectivity index (χ3v) is 4.24. The number of rotatable bonds is 0. The van der Waals surface area contributed by atoms with Crippen LogP contribution in [0.15, 0.2) is 403 Å². The molecule has 0 aromatic heterocycles. The van der Waals surface area contributed by atoms with Crippen LogP contribution in [0.1, 0.15) is 0 Å². The lowest BCUT2D eigenvalue weighted by atomic mass is 10.6. The van der Waals surface area contributed by atoms with Gasteiger partial charge in [0.05, 0.1) is 0 Å². The first-order chi connectivity index (χ1) is 34.9. The molecule has 70 heavy (non-hydrogen) atoms. The molecule has 0 heterocycles. The van der Waals surface area contributed by atoms with E-state index in [4.69, 9.17) is 0 Å². The van der Waals surface area contributed by atoms with Crippen LogP contribution in [-0.2, 0) is 0 Å². The van der Waals surface area contributed by atoms with E-state index in [9.17, 15) is 0 Å². The van der Waals surface area contributed by atoms with Crippen molar-refractivity contribution >= 4 is 0 Å². The molecule has 0 spiro atoms. The van der Waals surface area contributed by atoms with Crippen LogP contribution < -0.4 is 0 Å². The summed E-state index contributed by atoms with van der Waals surface area (Å²) in [7, 11) is 0. The second kappa shape index (κ2) is 53.8. The molecule has 0 fully saturated rings. The fourth-order valence-corrected chi connectivity index (χ4v) is 2.09. The lowest BCUT2D eigenvalue weighted by Crippen LogP contribution is -1.26. The van der Waals surface area contributed by atoms with Crippen LogP contribution in [0.5, 0.6) is 0 Å². The van der Waals surface area contributed by atoms with Crippen molar-refractivity contribution in [3.8, 4) is 0 Å². The summed E-state index contributed by atoms with van der Waals surface area (Å²) in [5, 5.41) is 0. The first kappa shape index (κ1) is 54.8. The van der Waals surface area contributed by atoms with Crippen molar-refractivity contribution in [2.75, 3.05) is 0 Å². The Labute approximate surface area is 400 Å². The molecule has 0 heteroatoms. The quantitative estimate of drug-likeness (QED) is 0.213. The van der Waals surface area contributed by atoms with Gasteiger partial charge in [0.2, 0.25) is 0 Å². The maximum Gasteiger partial charge on any atom is 0 e. The Morgan fingerprint density at radius 1 is 0.0714 bits per heavy atom. The molecule has 0 saturated heterocycles. The zero-order valence-corrected chi connectivity index (χ0v) is 35.4. The molecule has 0 nitrogen and oxygen atoms in total. The third kappa shape index (κ3) is 52.8. The highest BCUT2D eigenvalue weighted by atomic mass is 13.5. The van der Waals surface area contributed by atoms with E-state index in [0.717, 1.165) is 0 Å². The minimum Gasteiger partial charge on any atom is -0.0687 e. The van der Waals surface area contributed by atoms with E-state index in [1.165, 1.54) is 0 Å². The van der Waals surface area contributed by atoms with Crippen LogP contribution in [0.25, 0.3) is 0 Å². The van der Waals surface area contributed by atoms with Crippen LogP contribution in [0.3, 0.4) is 0 Å². The second-order valence-corrected chi connectivity index (χ2v) is 8.60. The molecule has 0 unspecified atom stereocenters. The fourth-order valence-electron chi connectivity index (χ4n) is 2.09. The largest absolute Gasteiger partial charge is 0.0687 e. The maximum absolute atomic E-state index is 3.32. The minimum absolute atomic E-state index is 2.37. The molecule has 0 amide bonds. The summed E-state index contributed by atoms with van der Waals surface area (Å²) in [5.74, 6) is 0. The zero-order valence-electron chi connectivity index (χ0n) is 35.4. The molecule has 0 aliphatic carbocycles. The van der Waals surface area contributed by atoms with E-state index in [0.29, 0.717) is 0 Å². The van der Waals surface area contributed by atoms with Crippen LogP contribution in [-0.4, -0.2) is 0 Å². The molecule has 0 aromatic carbocycles. The van der Waals surface area contributed by atoms with Crippen molar-refractivity contribution in [3.63, 3.8) is 0 Å². The molecule has 0 aliphatic heterocycles. The van der Waals surface area contributed by atoms with Crippen molar-refractivity contribution in [2.24, 2.45) is 0 Å². The van der Waals surface area contributed by atoms with Gasteiger partial charge in [0.15, 0.2) is 0 Å². The molecule has 0 atom stereocenters. The summed E-state index contributed by atoms with van der Waals surface area (Å²) < 4.78 is 0. The SMILES string of the molecule is C=C=C=C=C=C=C=C=C=C=C=C=C=C=C=C=C=C=C=C=C=C=C=C=C=C=C=C=C=C=C=C=C=C=C=C=C=C=C=C=C=C=C=C=C=C=C=C=C=C=C=C=C=C=C=C=C=C=C=C=C=C=C=C=C=C=C=C=C=C. The first-order valence-electron chi connectivity index (χ1n) is 17.5. The van der Waals surface area contributed by atoms with Gasteiger partial charge in [-0.2, -0.15) is 0 Å². The Balaban J connectivity index is 6.14. The van der Waals surface area contributed by atoms with E-state index >= 15 is 0 Å². The minimum atomic E-state index is 2.37. The average Bonchev–Trinajstić information content (AvgIpc) is 3.37. The number of hydrogen-bond acceptors (Lipinski definition) is 0. The second-order valence-electron chi connectivity index (χ2n) is 8.60. The lowest BCUT2D eigenvalue weighted by molar-refractivity contribution is 2.10. The van der Waals surface area contributed by atoms with Crippen molar-refractivity contribution < 1.29 is 0 Å². The van der Waals surface area contributed by atoms with E-state index < -0.39 is 0 Å². The van der Waals surface area contributed by atoms with Gasteiger partial charge >= 0.3 is 0 Å². The highest BCUT2D eigenvalue weighted by Gasteiger charge is 1.47. The van der Waals surface area contributed by atoms with Crippen LogP contribution in [0, 0.1) is 0 Å². The Bertz CT molecular complexity index is 4850. The molecule has 0 bridgehead atoms. The Morgan fingerprint density at radius 2 is 0.114 bits per heavy atom. The monoisotopic (exact) mass is 844 g/mol. The smallest absolute Gasteiger partial charge is 0 e. The Kier molecular flexibility index (Phi) is 42.1. The molecular weight excluding hydrogens is 841 g/mol. The van der Waals surface area contributed by atoms with Gasteiger partial charge in [0.1, 0.15) is 0 Å². The molecule has 0 aromatic rings. The summed E-state index contributed by atoms with van der Waals surface area (Å²) in [5.41, 5.74) is 169. The fraction of sp³-hybridized carbons (Fsp3) is 0. The molecule has 0 saturated carbocycles. The molecule has 0 rings (SSSR count). The molecule has 0 N–H and O–H groups in total. The van der Waals surface area contributed by atoms with E-state index in [1.54, 1.807) is 0 Å². The molecule has 0 aliphatic rings. The van der Waals surface area contributed by atoms with E-state index in [1.807, 2.05) is 0 Å². The highest BCUT2D eigenvalue weighted by molar-refractivity contribution is 4.99. The summed E-state index contributed by atoms with van der Waals surface area (Å²) >= 11 is 0. The lowest BCUT2D eigenvalue weighted by Gasteiger charge is -1.41. The van der Waals surface area contributed by atoms with Gasteiger partial charge in [-0.1, -0.05) is 11.5 Å². The standard InChI is InChI=1S/C70H4/c1-3-5-7-9-11-13-15-17-19-21-23-25-27-29-31-33-35-37-39-41-43-45-47-49-51-53-55-57-59-61-63-65-67-69-70-68-66-64-62-60-58-56-54-52-50-48-46-44-42-40-38-36-34-32-30-28-26-24-22-20-18-16-14-12-10-8-6-4-2/h1-2H2. The van der Waals surface area contributed by atoms with Crippen molar-refractivity contribution in [3.05, 3.63) is 403 Å². The Hall–Kier alpha value is -15.2. The number of hydrogen-bond donors (Lipinski definition) is 0. The van der Waals surface area contributed by atoms with Gasteiger partial charge < -0.3 is 0 Å². The normalized spacial score (nSPS) is 3.94. The predicted octanol–water partition coefficient (Wildman–Crippen LogP) is 11.3. The summed E-state index contributed by atoms with van der Waals surface area (Å²) in [6, 6.07) is 0. The molecular formula is C70H4. The molecule has 0 radical (unpaired) electrons. The topological polar surface area (TPSA) is 0 Å². The van der Waals surface area contributed by atoms with Gasteiger partial charge in [0.25, 0.3) is 0 Å². The third-order valence-electron chi connectivity index (χ3n) is 4.24. The maximum atomic E-state index is 3.32. The van der Waals surface area contributed by atoms with Crippen molar-refractivity contribution in [2.45, 2.75) is 0 Å². The van der Waals surface area contributed by atoms with Crippen molar-refractivity contribution in [1.82, 2.24) is 0 Å². The summed E-state index contributed by atoms with van der Waals surface area (Å²) in [6.07, 6.45) is 0. The van der Waals surface area contributed by atoms with Gasteiger partial charge in [-0.25, -0.2) is 0 Å². The first-order valence-corrected chi connectivity index (χ1v) is 17.5. The van der Waals surface area contributed by atoms with Gasteiger partial charge in [0, 0.05) is 287 Å².